The molecule has 0 aliphatic heterocycles. The average molecular weight is 276 g/mol. The Labute approximate surface area is 118 Å². The second kappa shape index (κ2) is 6.52. The molecule has 1 aliphatic carbocycles. The van der Waals surface area contributed by atoms with Crippen molar-refractivity contribution < 1.29 is 14.7 Å². The van der Waals surface area contributed by atoms with E-state index in [-0.39, 0.29) is 12.5 Å². The second-order valence-electron chi connectivity index (χ2n) is 5.26. The van der Waals surface area contributed by atoms with Crippen LogP contribution in [0.15, 0.2) is 24.3 Å². The highest BCUT2D eigenvalue weighted by molar-refractivity contribution is 5.97. The molecule has 1 fully saturated rings. The fourth-order valence-corrected chi connectivity index (χ4v) is 2.59. The number of carbonyl (C=O) groups excluding carboxylic acids is 2. The van der Waals surface area contributed by atoms with E-state index < -0.39 is 12.0 Å². The molecule has 0 bridgehead atoms. The largest absolute Gasteiger partial charge is 0.391 e. The zero-order valence-electron chi connectivity index (χ0n) is 11.3. The van der Waals surface area contributed by atoms with Crippen molar-refractivity contribution in [1.82, 2.24) is 5.32 Å². The maximum Gasteiger partial charge on any atom is 0.251 e. The molecule has 0 spiro atoms. The molecule has 0 aromatic heterocycles. The van der Waals surface area contributed by atoms with Gasteiger partial charge < -0.3 is 16.2 Å². The van der Waals surface area contributed by atoms with Crippen LogP contribution in [0.4, 0.5) is 0 Å². The number of nitrogens with one attached hydrogen (secondary N) is 1. The molecule has 2 rings (SSSR count). The monoisotopic (exact) mass is 276 g/mol. The molecular weight excluding hydrogens is 256 g/mol. The Morgan fingerprint density at radius 1 is 1.20 bits per heavy atom. The summed E-state index contributed by atoms with van der Waals surface area (Å²) in [7, 11) is 0. The number of primary amides is 1. The van der Waals surface area contributed by atoms with Crippen molar-refractivity contribution in [2.75, 3.05) is 6.54 Å². The summed E-state index contributed by atoms with van der Waals surface area (Å²) in [4.78, 5) is 22.8. The smallest absolute Gasteiger partial charge is 0.251 e. The lowest BCUT2D eigenvalue weighted by Gasteiger charge is -2.18. The number of aliphatic hydroxyl groups excluding tert-OH is 1. The SMILES string of the molecule is NC(=O)c1ccc(C(=O)NCC(O)C2CCCC2)cc1. The van der Waals surface area contributed by atoms with Crippen LogP contribution in [0.25, 0.3) is 0 Å². The topological polar surface area (TPSA) is 92.4 Å². The Morgan fingerprint density at radius 2 is 1.75 bits per heavy atom. The summed E-state index contributed by atoms with van der Waals surface area (Å²) < 4.78 is 0. The summed E-state index contributed by atoms with van der Waals surface area (Å²) in [6.45, 7) is 0.265. The molecule has 1 unspecified atom stereocenters. The lowest BCUT2D eigenvalue weighted by atomic mass is 10.0. The molecule has 0 heterocycles. The molecule has 5 heteroatoms. The third kappa shape index (κ3) is 3.57. The summed E-state index contributed by atoms with van der Waals surface area (Å²) in [5.41, 5.74) is 5.96. The predicted molar refractivity (Wildman–Crippen MR) is 75.3 cm³/mol. The van der Waals surface area contributed by atoms with Gasteiger partial charge in [-0.25, -0.2) is 0 Å². The third-order valence-electron chi connectivity index (χ3n) is 3.85. The number of hydrogen-bond acceptors (Lipinski definition) is 3. The van der Waals surface area contributed by atoms with Gasteiger partial charge in [-0.3, -0.25) is 9.59 Å². The van der Waals surface area contributed by atoms with Crippen LogP contribution in [0.3, 0.4) is 0 Å². The first kappa shape index (κ1) is 14.5. The van der Waals surface area contributed by atoms with Gasteiger partial charge in [0, 0.05) is 17.7 Å². The molecule has 1 atom stereocenters. The van der Waals surface area contributed by atoms with Crippen molar-refractivity contribution in [3.05, 3.63) is 35.4 Å². The molecule has 5 nitrogen and oxygen atoms in total. The van der Waals surface area contributed by atoms with Crippen LogP contribution in [0.5, 0.6) is 0 Å². The van der Waals surface area contributed by atoms with Gasteiger partial charge in [0.1, 0.15) is 0 Å². The van der Waals surface area contributed by atoms with Gasteiger partial charge in [0.05, 0.1) is 6.10 Å². The van der Waals surface area contributed by atoms with Crippen molar-refractivity contribution in [1.29, 1.82) is 0 Å². The molecule has 20 heavy (non-hydrogen) atoms. The normalized spacial score (nSPS) is 16.9. The zero-order chi connectivity index (χ0) is 14.5. The number of carbonyl (C=O) groups is 2. The van der Waals surface area contributed by atoms with Gasteiger partial charge in [-0.2, -0.15) is 0 Å². The van der Waals surface area contributed by atoms with Gasteiger partial charge in [-0.1, -0.05) is 12.8 Å². The molecule has 1 aliphatic rings. The van der Waals surface area contributed by atoms with Crippen molar-refractivity contribution in [3.63, 3.8) is 0 Å². The highest BCUT2D eigenvalue weighted by Gasteiger charge is 2.23. The third-order valence-corrected chi connectivity index (χ3v) is 3.85. The van der Waals surface area contributed by atoms with Crippen LogP contribution in [-0.2, 0) is 0 Å². The Kier molecular flexibility index (Phi) is 4.74. The molecule has 1 aromatic carbocycles. The molecular formula is C15H20N2O3. The van der Waals surface area contributed by atoms with Gasteiger partial charge >= 0.3 is 0 Å². The van der Waals surface area contributed by atoms with E-state index in [1.165, 1.54) is 12.1 Å². The van der Waals surface area contributed by atoms with Crippen LogP contribution in [0.1, 0.15) is 46.4 Å². The Morgan fingerprint density at radius 3 is 2.30 bits per heavy atom. The maximum absolute atomic E-state index is 11.9. The van der Waals surface area contributed by atoms with E-state index in [4.69, 9.17) is 5.73 Å². The first-order valence-corrected chi connectivity index (χ1v) is 6.94. The van der Waals surface area contributed by atoms with E-state index in [0.29, 0.717) is 17.0 Å². The Hall–Kier alpha value is -1.88. The Balaban J connectivity index is 1.86. The first-order valence-electron chi connectivity index (χ1n) is 6.94. The van der Waals surface area contributed by atoms with Crippen molar-refractivity contribution >= 4 is 11.8 Å². The van der Waals surface area contributed by atoms with E-state index in [2.05, 4.69) is 5.32 Å². The van der Waals surface area contributed by atoms with Crippen LogP contribution >= 0.6 is 0 Å². The van der Waals surface area contributed by atoms with Crippen molar-refractivity contribution in [2.24, 2.45) is 11.7 Å². The van der Waals surface area contributed by atoms with E-state index in [0.717, 1.165) is 25.7 Å². The minimum Gasteiger partial charge on any atom is -0.391 e. The molecule has 4 N–H and O–H groups in total. The van der Waals surface area contributed by atoms with Gasteiger partial charge in [-0.15, -0.1) is 0 Å². The molecule has 0 radical (unpaired) electrons. The number of benzene rings is 1. The Bertz CT molecular complexity index is 478. The molecule has 1 saturated carbocycles. The number of aliphatic hydroxyl groups is 1. The lowest BCUT2D eigenvalue weighted by Crippen LogP contribution is -2.35. The van der Waals surface area contributed by atoms with Crippen LogP contribution in [-0.4, -0.2) is 29.6 Å². The summed E-state index contributed by atoms with van der Waals surface area (Å²) >= 11 is 0. The van der Waals surface area contributed by atoms with E-state index in [1.807, 2.05) is 0 Å². The highest BCUT2D eigenvalue weighted by atomic mass is 16.3. The van der Waals surface area contributed by atoms with Gasteiger partial charge in [0.15, 0.2) is 0 Å². The number of nitrogens with two attached hydrogens (primary N) is 1. The molecule has 2 amide bonds. The van der Waals surface area contributed by atoms with Gasteiger partial charge in [-0.05, 0) is 43.0 Å². The minimum atomic E-state index is -0.520. The lowest BCUT2D eigenvalue weighted by molar-refractivity contribution is 0.0840. The van der Waals surface area contributed by atoms with E-state index in [9.17, 15) is 14.7 Å². The van der Waals surface area contributed by atoms with Crippen LogP contribution < -0.4 is 11.1 Å². The van der Waals surface area contributed by atoms with E-state index in [1.54, 1.807) is 12.1 Å². The van der Waals surface area contributed by atoms with Crippen LogP contribution in [0.2, 0.25) is 0 Å². The predicted octanol–water partition coefficient (Wildman–Crippen LogP) is 1.07. The number of rotatable bonds is 5. The average Bonchev–Trinajstić information content (AvgIpc) is 2.98. The van der Waals surface area contributed by atoms with Crippen molar-refractivity contribution in [3.8, 4) is 0 Å². The van der Waals surface area contributed by atoms with Gasteiger partial charge in [0.2, 0.25) is 5.91 Å². The molecule has 108 valence electrons. The summed E-state index contributed by atoms with van der Waals surface area (Å²) in [6, 6.07) is 6.14. The van der Waals surface area contributed by atoms with E-state index >= 15 is 0 Å². The fourth-order valence-electron chi connectivity index (χ4n) is 2.59. The molecule has 1 aromatic rings. The molecule has 0 saturated heterocycles. The first-order chi connectivity index (χ1) is 9.58. The standard InChI is InChI=1S/C15H20N2O3/c16-14(19)11-5-7-12(8-6-11)15(20)17-9-13(18)10-3-1-2-4-10/h5-8,10,13,18H,1-4,9H2,(H2,16,19)(H,17,20). The highest BCUT2D eigenvalue weighted by Crippen LogP contribution is 2.27. The quantitative estimate of drug-likeness (QED) is 0.751. The number of hydrogen-bond donors (Lipinski definition) is 3. The fraction of sp³-hybridized carbons (Fsp3) is 0.467. The van der Waals surface area contributed by atoms with Crippen LogP contribution in [0, 0.1) is 5.92 Å². The zero-order valence-corrected chi connectivity index (χ0v) is 11.3. The van der Waals surface area contributed by atoms with Gasteiger partial charge in [0.25, 0.3) is 5.91 Å². The summed E-state index contributed by atoms with van der Waals surface area (Å²) in [5.74, 6) is -0.473. The summed E-state index contributed by atoms with van der Waals surface area (Å²) in [6.07, 6.45) is 3.90. The minimum absolute atomic E-state index is 0.252. The summed E-state index contributed by atoms with van der Waals surface area (Å²) in [5, 5.41) is 12.7. The second-order valence-corrected chi connectivity index (χ2v) is 5.26. The van der Waals surface area contributed by atoms with Crippen molar-refractivity contribution in [2.45, 2.75) is 31.8 Å². The maximum atomic E-state index is 11.9. The number of amides is 2.